The number of benzene rings is 1. The van der Waals surface area contributed by atoms with Gasteiger partial charge < -0.3 is 4.74 Å². The zero-order valence-electron chi connectivity index (χ0n) is 14.3. The Morgan fingerprint density at radius 1 is 1.08 bits per heavy atom. The van der Waals surface area contributed by atoms with Gasteiger partial charge in [-0.2, -0.15) is 0 Å². The minimum absolute atomic E-state index is 0.0118. The van der Waals surface area contributed by atoms with Crippen molar-refractivity contribution >= 4 is 29.2 Å². The largest absolute Gasteiger partial charge is 0.423 e. The van der Waals surface area contributed by atoms with Gasteiger partial charge in [-0.1, -0.05) is 0 Å². The summed E-state index contributed by atoms with van der Waals surface area (Å²) < 4.78 is 5.28. The molecule has 0 saturated carbocycles. The molecule has 1 aromatic carbocycles. The fourth-order valence-corrected chi connectivity index (χ4v) is 3.27. The number of aromatic nitrogens is 2. The molecule has 0 fully saturated rings. The van der Waals surface area contributed by atoms with Crippen LogP contribution < -0.4 is 4.74 Å². The Kier molecular flexibility index (Phi) is 5.34. The fourth-order valence-electron chi connectivity index (χ4n) is 2.30. The molecule has 0 spiro atoms. The highest BCUT2D eigenvalue weighted by atomic mass is 32.1. The third-order valence-electron chi connectivity index (χ3n) is 3.55. The van der Waals surface area contributed by atoms with Gasteiger partial charge in [-0.15, -0.1) is 11.3 Å². The molecule has 0 aliphatic rings. The van der Waals surface area contributed by atoms with Gasteiger partial charge in [0.2, 0.25) is 0 Å². The lowest BCUT2D eigenvalue weighted by Crippen LogP contribution is -2.03. The Labute approximate surface area is 155 Å². The second-order valence-corrected chi connectivity index (χ2v) is 6.55. The first-order chi connectivity index (χ1) is 12.5. The van der Waals surface area contributed by atoms with Crippen LogP contribution in [0, 0.1) is 6.92 Å². The number of carbonyl (C=O) groups excluding carboxylic acids is 2. The molecule has 0 unspecified atom stereocenters. The van der Waals surface area contributed by atoms with Gasteiger partial charge in [-0.25, -0.2) is 9.78 Å². The first kappa shape index (κ1) is 17.7. The van der Waals surface area contributed by atoms with E-state index in [1.54, 1.807) is 42.7 Å². The van der Waals surface area contributed by atoms with Crippen molar-refractivity contribution in [2.24, 2.45) is 0 Å². The van der Waals surface area contributed by atoms with Crippen LogP contribution in [0.1, 0.15) is 27.9 Å². The average Bonchev–Trinajstić information content (AvgIpc) is 3.03. The van der Waals surface area contributed by atoms with Crippen molar-refractivity contribution in [3.63, 3.8) is 0 Å². The number of aryl methyl sites for hydroxylation is 1. The number of esters is 1. The predicted molar refractivity (Wildman–Crippen MR) is 101 cm³/mol. The Bertz CT molecular complexity index is 960. The molecule has 0 aliphatic heterocycles. The highest BCUT2D eigenvalue weighted by molar-refractivity contribution is 7.17. The highest BCUT2D eigenvalue weighted by Crippen LogP contribution is 2.29. The van der Waals surface area contributed by atoms with Crippen molar-refractivity contribution in [2.45, 2.75) is 13.8 Å². The zero-order chi connectivity index (χ0) is 18.5. The molecular weight excluding hydrogens is 348 g/mol. The third-order valence-corrected chi connectivity index (χ3v) is 4.86. The van der Waals surface area contributed by atoms with Gasteiger partial charge in [0.05, 0.1) is 10.6 Å². The first-order valence-electron chi connectivity index (χ1n) is 7.91. The molecule has 3 aromatic rings. The lowest BCUT2D eigenvalue weighted by molar-refractivity contribution is -0.128. The van der Waals surface area contributed by atoms with Crippen LogP contribution in [0.15, 0.2) is 54.9 Å². The fraction of sp³-hybridized carbons (Fsp3) is 0.100. The molecule has 0 aliphatic carbocycles. The maximum atomic E-state index is 11.9. The average molecular weight is 364 g/mol. The van der Waals surface area contributed by atoms with Crippen LogP contribution in [-0.4, -0.2) is 21.7 Å². The molecule has 5 nitrogen and oxygen atoms in total. The van der Waals surface area contributed by atoms with Gasteiger partial charge in [0.25, 0.3) is 0 Å². The van der Waals surface area contributed by atoms with Gasteiger partial charge in [-0.3, -0.25) is 9.78 Å². The predicted octanol–water partition coefficient (Wildman–Crippen LogP) is 4.33. The summed E-state index contributed by atoms with van der Waals surface area (Å²) in [5, 5.41) is 0.767. The van der Waals surface area contributed by atoms with E-state index in [0.717, 1.165) is 21.8 Å². The molecule has 0 N–H and O–H groups in total. The molecule has 130 valence electrons. The van der Waals surface area contributed by atoms with E-state index in [9.17, 15) is 9.59 Å². The summed E-state index contributed by atoms with van der Waals surface area (Å²) in [5.41, 5.74) is 2.47. The van der Waals surface area contributed by atoms with Crippen LogP contribution in [0.3, 0.4) is 0 Å². The number of rotatable bonds is 5. The number of carbonyl (C=O) groups is 2. The number of ketones is 1. The topological polar surface area (TPSA) is 69.2 Å². The number of thiazole rings is 1. The van der Waals surface area contributed by atoms with Crippen LogP contribution in [0.5, 0.6) is 5.75 Å². The molecule has 26 heavy (non-hydrogen) atoms. The Morgan fingerprint density at radius 3 is 2.38 bits per heavy atom. The van der Waals surface area contributed by atoms with Gasteiger partial charge >= 0.3 is 5.97 Å². The number of hydrogen-bond acceptors (Lipinski definition) is 6. The van der Waals surface area contributed by atoms with Crippen LogP contribution >= 0.6 is 11.3 Å². The van der Waals surface area contributed by atoms with E-state index in [-0.39, 0.29) is 5.78 Å². The third kappa shape index (κ3) is 4.29. The summed E-state index contributed by atoms with van der Waals surface area (Å²) in [6.07, 6.45) is 6.34. The minimum atomic E-state index is -0.460. The van der Waals surface area contributed by atoms with Gasteiger partial charge in [0.15, 0.2) is 5.78 Å². The number of ether oxygens (including phenoxy) is 1. The number of nitrogens with zero attached hydrogens (tertiary/aromatic N) is 2. The Hall–Kier alpha value is -3.12. The quantitative estimate of drug-likeness (QED) is 0.292. The molecule has 0 bridgehead atoms. The van der Waals surface area contributed by atoms with Crippen molar-refractivity contribution in [2.75, 3.05) is 0 Å². The second kappa shape index (κ2) is 7.84. The van der Waals surface area contributed by atoms with E-state index >= 15 is 0 Å². The molecule has 0 amide bonds. The van der Waals surface area contributed by atoms with Crippen LogP contribution in [0.25, 0.3) is 16.6 Å². The molecule has 3 rings (SSSR count). The van der Waals surface area contributed by atoms with E-state index in [1.165, 1.54) is 24.3 Å². The summed E-state index contributed by atoms with van der Waals surface area (Å²) in [4.78, 5) is 32.5. The summed E-state index contributed by atoms with van der Waals surface area (Å²) in [6.45, 7) is 3.36. The van der Waals surface area contributed by atoms with E-state index in [4.69, 9.17) is 4.74 Å². The SMILES string of the molecule is CC(=O)c1sc(-c2ccc(OC(=O)/C=C/c3ccncc3)cc2)nc1C. The smallest absolute Gasteiger partial charge is 0.336 e. The van der Waals surface area contributed by atoms with Crippen LogP contribution in [0.4, 0.5) is 0 Å². The molecule has 6 heteroatoms. The van der Waals surface area contributed by atoms with Crippen molar-refractivity contribution in [1.29, 1.82) is 0 Å². The number of hydrogen-bond donors (Lipinski definition) is 0. The van der Waals surface area contributed by atoms with E-state index < -0.39 is 5.97 Å². The van der Waals surface area contributed by atoms with Crippen LogP contribution in [0.2, 0.25) is 0 Å². The number of pyridine rings is 1. The number of Topliss-reactive ketones (excluding diaryl/α,β-unsaturated/α-hetero) is 1. The summed E-state index contributed by atoms with van der Waals surface area (Å²) in [6, 6.07) is 10.6. The second-order valence-electron chi connectivity index (χ2n) is 5.55. The summed E-state index contributed by atoms with van der Waals surface area (Å²) >= 11 is 1.36. The van der Waals surface area contributed by atoms with E-state index in [1.807, 2.05) is 19.1 Å². The summed E-state index contributed by atoms with van der Waals surface area (Å²) in [7, 11) is 0. The van der Waals surface area contributed by atoms with Crippen molar-refractivity contribution in [3.05, 3.63) is 71.0 Å². The maximum absolute atomic E-state index is 11.9. The Morgan fingerprint density at radius 2 is 1.77 bits per heavy atom. The molecule has 2 heterocycles. The van der Waals surface area contributed by atoms with Crippen LogP contribution in [-0.2, 0) is 4.79 Å². The minimum Gasteiger partial charge on any atom is -0.423 e. The monoisotopic (exact) mass is 364 g/mol. The Balaban J connectivity index is 1.68. The van der Waals surface area contributed by atoms with Gasteiger partial charge in [0, 0.05) is 31.0 Å². The van der Waals surface area contributed by atoms with Crippen molar-refractivity contribution in [1.82, 2.24) is 9.97 Å². The van der Waals surface area contributed by atoms with E-state index in [2.05, 4.69) is 9.97 Å². The lowest BCUT2D eigenvalue weighted by atomic mass is 10.2. The maximum Gasteiger partial charge on any atom is 0.336 e. The molecule has 0 saturated heterocycles. The molecule has 0 atom stereocenters. The van der Waals surface area contributed by atoms with E-state index in [0.29, 0.717) is 10.6 Å². The van der Waals surface area contributed by atoms with Gasteiger partial charge in [0.1, 0.15) is 10.8 Å². The normalized spacial score (nSPS) is 10.8. The first-order valence-corrected chi connectivity index (χ1v) is 8.73. The standard InChI is InChI=1S/C20H16N2O3S/c1-13-19(14(2)23)26-20(22-13)16-4-6-17(7-5-16)25-18(24)8-3-15-9-11-21-12-10-15/h3-12H,1-2H3/b8-3+. The zero-order valence-corrected chi connectivity index (χ0v) is 15.1. The molecule has 0 radical (unpaired) electrons. The van der Waals surface area contributed by atoms with Crippen molar-refractivity contribution in [3.8, 4) is 16.3 Å². The molecule has 2 aromatic heterocycles. The summed E-state index contributed by atoms with van der Waals surface area (Å²) in [5.74, 6) is -0.00509. The van der Waals surface area contributed by atoms with Gasteiger partial charge in [-0.05, 0) is 55.0 Å². The highest BCUT2D eigenvalue weighted by Gasteiger charge is 2.13. The lowest BCUT2D eigenvalue weighted by Gasteiger charge is -2.02. The molecular formula is C20H16N2O3S. The van der Waals surface area contributed by atoms with Crippen molar-refractivity contribution < 1.29 is 14.3 Å².